The number of rotatable bonds is 4. The molecule has 0 spiro atoms. The molecule has 2 heterocycles. The zero-order chi connectivity index (χ0) is 13.0. The Balaban J connectivity index is 2.02. The van der Waals surface area contributed by atoms with Crippen molar-refractivity contribution in [2.24, 2.45) is 0 Å². The first-order valence-electron chi connectivity index (χ1n) is 6.60. The van der Waals surface area contributed by atoms with E-state index in [9.17, 15) is 0 Å². The van der Waals surface area contributed by atoms with E-state index in [2.05, 4.69) is 27.1 Å². The van der Waals surface area contributed by atoms with Crippen LogP contribution in [0.1, 0.15) is 25.5 Å². The maximum Gasteiger partial charge on any atom is 0.226 e. The van der Waals surface area contributed by atoms with Crippen molar-refractivity contribution in [2.75, 3.05) is 32.1 Å². The number of anilines is 1. The lowest BCUT2D eigenvalue weighted by Crippen LogP contribution is -2.42. The second-order valence-corrected chi connectivity index (χ2v) is 4.75. The molecule has 5 heteroatoms. The average Bonchev–Trinajstić information content (AvgIpc) is 2.38. The van der Waals surface area contributed by atoms with Crippen LogP contribution in [-0.2, 0) is 0 Å². The Hall–Kier alpha value is -1.36. The van der Waals surface area contributed by atoms with Crippen molar-refractivity contribution in [3.63, 3.8) is 0 Å². The SMILES string of the molecule is CCN1CCCC(Nc2nc(C)cc(OC)n2)C1. The maximum atomic E-state index is 5.17. The number of nitrogens with one attached hydrogen (secondary N) is 1. The van der Waals surface area contributed by atoms with E-state index in [0.717, 1.165) is 18.8 Å². The summed E-state index contributed by atoms with van der Waals surface area (Å²) >= 11 is 0. The Morgan fingerprint density at radius 3 is 3.06 bits per heavy atom. The smallest absolute Gasteiger partial charge is 0.226 e. The predicted molar refractivity (Wildman–Crippen MR) is 72.1 cm³/mol. The summed E-state index contributed by atoms with van der Waals surface area (Å²) < 4.78 is 5.17. The highest BCUT2D eigenvalue weighted by atomic mass is 16.5. The third kappa shape index (κ3) is 3.32. The summed E-state index contributed by atoms with van der Waals surface area (Å²) in [6.45, 7) is 7.53. The van der Waals surface area contributed by atoms with Gasteiger partial charge in [-0.2, -0.15) is 4.98 Å². The number of nitrogens with zero attached hydrogens (tertiary/aromatic N) is 3. The first kappa shape index (κ1) is 13.1. The molecular formula is C13H22N4O. The van der Waals surface area contributed by atoms with Crippen LogP contribution in [0.3, 0.4) is 0 Å². The van der Waals surface area contributed by atoms with Crippen LogP contribution in [0.2, 0.25) is 0 Å². The normalized spacial score (nSPS) is 20.7. The molecule has 0 amide bonds. The quantitative estimate of drug-likeness (QED) is 0.881. The lowest BCUT2D eigenvalue weighted by atomic mass is 10.1. The minimum Gasteiger partial charge on any atom is -0.481 e. The van der Waals surface area contributed by atoms with Crippen LogP contribution in [0.5, 0.6) is 5.88 Å². The number of likely N-dealkylation sites (N-methyl/N-ethyl adjacent to an activating group) is 1. The molecule has 1 aromatic rings. The lowest BCUT2D eigenvalue weighted by Gasteiger charge is -2.32. The van der Waals surface area contributed by atoms with E-state index in [0.29, 0.717) is 17.9 Å². The minimum atomic E-state index is 0.435. The van der Waals surface area contributed by atoms with Crippen LogP contribution < -0.4 is 10.1 Å². The van der Waals surface area contributed by atoms with Gasteiger partial charge >= 0.3 is 0 Å². The summed E-state index contributed by atoms with van der Waals surface area (Å²) in [5.74, 6) is 1.29. The number of ether oxygens (including phenoxy) is 1. The van der Waals surface area contributed by atoms with Gasteiger partial charge in [0.15, 0.2) is 0 Å². The van der Waals surface area contributed by atoms with E-state index >= 15 is 0 Å². The highest BCUT2D eigenvalue weighted by Gasteiger charge is 2.19. The van der Waals surface area contributed by atoms with Gasteiger partial charge in [-0.05, 0) is 32.9 Å². The second kappa shape index (κ2) is 6.00. The summed E-state index contributed by atoms with van der Waals surface area (Å²) in [4.78, 5) is 11.2. The Morgan fingerprint density at radius 1 is 1.50 bits per heavy atom. The van der Waals surface area contributed by atoms with Gasteiger partial charge in [0, 0.05) is 24.3 Å². The van der Waals surface area contributed by atoms with Gasteiger partial charge < -0.3 is 15.0 Å². The van der Waals surface area contributed by atoms with Crippen molar-refractivity contribution < 1.29 is 4.74 Å². The molecule has 0 bridgehead atoms. The molecule has 1 aromatic heterocycles. The summed E-state index contributed by atoms with van der Waals surface area (Å²) in [6.07, 6.45) is 2.41. The van der Waals surface area contributed by atoms with Crippen molar-refractivity contribution in [1.82, 2.24) is 14.9 Å². The number of likely N-dealkylation sites (tertiary alicyclic amines) is 1. The fourth-order valence-electron chi connectivity index (χ4n) is 2.35. The maximum absolute atomic E-state index is 5.17. The van der Waals surface area contributed by atoms with Crippen molar-refractivity contribution in [2.45, 2.75) is 32.7 Å². The molecule has 1 aliphatic rings. The zero-order valence-corrected chi connectivity index (χ0v) is 11.4. The summed E-state index contributed by atoms with van der Waals surface area (Å²) in [5.41, 5.74) is 0.924. The van der Waals surface area contributed by atoms with Crippen LogP contribution in [-0.4, -0.2) is 47.7 Å². The Labute approximate surface area is 109 Å². The molecular weight excluding hydrogens is 228 g/mol. The third-order valence-electron chi connectivity index (χ3n) is 3.33. The number of aromatic nitrogens is 2. The molecule has 1 saturated heterocycles. The van der Waals surface area contributed by atoms with Crippen LogP contribution in [0.25, 0.3) is 0 Å². The van der Waals surface area contributed by atoms with E-state index in [1.165, 1.54) is 19.4 Å². The molecule has 2 rings (SSSR count). The van der Waals surface area contributed by atoms with E-state index < -0.39 is 0 Å². The molecule has 0 aliphatic carbocycles. The van der Waals surface area contributed by atoms with Crippen LogP contribution in [0.4, 0.5) is 5.95 Å². The van der Waals surface area contributed by atoms with Gasteiger partial charge in [-0.15, -0.1) is 0 Å². The van der Waals surface area contributed by atoms with Gasteiger partial charge in [-0.3, -0.25) is 0 Å². The summed E-state index contributed by atoms with van der Waals surface area (Å²) in [5, 5.41) is 3.42. The molecule has 5 nitrogen and oxygen atoms in total. The largest absolute Gasteiger partial charge is 0.481 e. The molecule has 0 aromatic carbocycles. The Kier molecular flexibility index (Phi) is 4.36. The van der Waals surface area contributed by atoms with Gasteiger partial charge in [0.25, 0.3) is 0 Å². The lowest BCUT2D eigenvalue weighted by molar-refractivity contribution is 0.226. The Morgan fingerprint density at radius 2 is 2.33 bits per heavy atom. The highest BCUT2D eigenvalue weighted by molar-refractivity contribution is 5.32. The van der Waals surface area contributed by atoms with Gasteiger partial charge in [0.1, 0.15) is 0 Å². The zero-order valence-electron chi connectivity index (χ0n) is 11.4. The number of methoxy groups -OCH3 is 1. The van der Waals surface area contributed by atoms with E-state index in [-0.39, 0.29) is 0 Å². The van der Waals surface area contributed by atoms with Crippen molar-refractivity contribution in [3.05, 3.63) is 11.8 Å². The molecule has 0 radical (unpaired) electrons. The second-order valence-electron chi connectivity index (χ2n) is 4.75. The summed E-state index contributed by atoms with van der Waals surface area (Å²) in [7, 11) is 1.63. The van der Waals surface area contributed by atoms with Crippen LogP contribution >= 0.6 is 0 Å². The van der Waals surface area contributed by atoms with Crippen molar-refractivity contribution in [3.8, 4) is 5.88 Å². The fraction of sp³-hybridized carbons (Fsp3) is 0.692. The van der Waals surface area contributed by atoms with E-state index in [1.807, 2.05) is 13.0 Å². The number of hydrogen-bond donors (Lipinski definition) is 1. The predicted octanol–water partition coefficient (Wildman–Crippen LogP) is 1.69. The van der Waals surface area contributed by atoms with Crippen molar-refractivity contribution >= 4 is 5.95 Å². The van der Waals surface area contributed by atoms with E-state index in [1.54, 1.807) is 7.11 Å². The highest BCUT2D eigenvalue weighted by Crippen LogP contribution is 2.16. The molecule has 18 heavy (non-hydrogen) atoms. The minimum absolute atomic E-state index is 0.435. The van der Waals surface area contributed by atoms with Crippen LogP contribution in [0.15, 0.2) is 6.07 Å². The molecule has 1 atom stereocenters. The first-order chi connectivity index (χ1) is 8.71. The molecule has 1 aliphatic heterocycles. The fourth-order valence-corrected chi connectivity index (χ4v) is 2.35. The first-order valence-corrected chi connectivity index (χ1v) is 6.60. The number of hydrogen-bond acceptors (Lipinski definition) is 5. The van der Waals surface area contributed by atoms with Crippen LogP contribution in [0, 0.1) is 6.92 Å². The molecule has 1 N–H and O–H groups in total. The summed E-state index contributed by atoms with van der Waals surface area (Å²) in [6, 6.07) is 2.27. The van der Waals surface area contributed by atoms with Crippen molar-refractivity contribution in [1.29, 1.82) is 0 Å². The number of piperidine rings is 1. The molecule has 1 unspecified atom stereocenters. The van der Waals surface area contributed by atoms with Gasteiger partial charge in [-0.25, -0.2) is 4.98 Å². The molecule has 1 fully saturated rings. The third-order valence-corrected chi connectivity index (χ3v) is 3.33. The molecule has 0 saturated carbocycles. The van der Waals surface area contributed by atoms with Gasteiger partial charge in [0.2, 0.25) is 11.8 Å². The van der Waals surface area contributed by atoms with Gasteiger partial charge in [0.05, 0.1) is 7.11 Å². The monoisotopic (exact) mass is 250 g/mol. The topological polar surface area (TPSA) is 50.3 Å². The van der Waals surface area contributed by atoms with E-state index in [4.69, 9.17) is 4.74 Å². The standard InChI is InChI=1S/C13H22N4O/c1-4-17-7-5-6-11(9-17)15-13-14-10(2)8-12(16-13)18-3/h8,11H,4-7,9H2,1-3H3,(H,14,15,16). The Bertz CT molecular complexity index is 397. The average molecular weight is 250 g/mol. The molecule has 100 valence electrons. The van der Waals surface area contributed by atoms with Gasteiger partial charge in [-0.1, -0.05) is 6.92 Å². The number of aryl methyl sites for hydroxylation is 1.